The van der Waals surface area contributed by atoms with E-state index in [1.54, 1.807) is 0 Å². The summed E-state index contributed by atoms with van der Waals surface area (Å²) < 4.78 is 11.3. The highest BCUT2D eigenvalue weighted by Crippen LogP contribution is 2.30. The Morgan fingerprint density at radius 3 is 1.53 bits per heavy atom. The molecule has 2 aromatic carbocycles. The third-order valence-electron chi connectivity index (χ3n) is 5.40. The van der Waals surface area contributed by atoms with Crippen molar-refractivity contribution in [2.24, 2.45) is 11.8 Å². The van der Waals surface area contributed by atoms with Crippen molar-refractivity contribution >= 4 is 22.2 Å². The second-order valence-corrected chi connectivity index (χ2v) is 7.59. The van der Waals surface area contributed by atoms with Crippen LogP contribution in [0.25, 0.3) is 22.2 Å². The number of para-hydroxylation sites is 4. The molecule has 32 heavy (non-hydrogen) atoms. The molecule has 0 bridgehead atoms. The van der Waals surface area contributed by atoms with Gasteiger partial charge in [-0.25, -0.2) is 9.97 Å². The van der Waals surface area contributed by atoms with Gasteiger partial charge in [0.25, 0.3) is 11.8 Å². The zero-order valence-corrected chi connectivity index (χ0v) is 16.9. The summed E-state index contributed by atoms with van der Waals surface area (Å²) in [6.07, 6.45) is 12.7. The van der Waals surface area contributed by atoms with Crippen LogP contribution in [0.2, 0.25) is 0 Å². The van der Waals surface area contributed by atoms with Gasteiger partial charge in [0, 0.05) is 23.0 Å². The monoisotopic (exact) mass is 412 g/mol. The summed E-state index contributed by atoms with van der Waals surface area (Å²) in [4.78, 5) is 8.81. The Kier molecular flexibility index (Phi) is 4.34. The van der Waals surface area contributed by atoms with Crippen LogP contribution in [-0.4, -0.2) is 9.97 Å². The molecule has 4 aromatic rings. The van der Waals surface area contributed by atoms with E-state index in [1.165, 1.54) is 0 Å². The Morgan fingerprint density at radius 1 is 0.594 bits per heavy atom. The lowest BCUT2D eigenvalue weighted by atomic mass is 9.81. The predicted molar refractivity (Wildman–Crippen MR) is 123 cm³/mol. The van der Waals surface area contributed by atoms with Crippen LogP contribution in [-0.2, 0) is 0 Å². The van der Waals surface area contributed by atoms with Crippen LogP contribution < -0.4 is 0 Å². The Morgan fingerprint density at radius 2 is 1.06 bits per heavy atom. The zero-order chi connectivity index (χ0) is 21.3. The maximum Gasteiger partial charge on any atom is 0.274 e. The molecule has 150 valence electrons. The van der Waals surface area contributed by atoms with Crippen molar-refractivity contribution in [3.8, 4) is 23.7 Å². The molecular formula is C28H16N2O2. The molecule has 4 heteroatoms. The van der Waals surface area contributed by atoms with Gasteiger partial charge in [-0.2, -0.15) is 0 Å². The Bertz CT molecular complexity index is 1410. The van der Waals surface area contributed by atoms with Crippen molar-refractivity contribution in [2.45, 2.75) is 0 Å². The number of rotatable bonds is 0. The molecular weight excluding hydrogens is 396 g/mol. The lowest BCUT2D eigenvalue weighted by molar-refractivity contribution is 0.585. The second-order valence-electron chi connectivity index (χ2n) is 7.59. The summed E-state index contributed by atoms with van der Waals surface area (Å²) >= 11 is 0. The van der Waals surface area contributed by atoms with Crippen molar-refractivity contribution in [3.63, 3.8) is 0 Å². The van der Waals surface area contributed by atoms with Crippen molar-refractivity contribution in [1.82, 2.24) is 9.97 Å². The fourth-order valence-electron chi connectivity index (χ4n) is 3.81. The molecule has 2 heterocycles. The summed E-state index contributed by atoms with van der Waals surface area (Å²) in [5.41, 5.74) is 5.03. The smallest absolute Gasteiger partial charge is 0.274 e. The van der Waals surface area contributed by atoms with Gasteiger partial charge in [0.2, 0.25) is 0 Å². The standard InChI is InChI=1S/C28H16N2O2/c1-3-7-25-23(5-1)29-27(31-25)15-11-19-9-13-22-18-20(10-14-21(22)17-19)12-16-28-30-24-6-2-4-8-26(24)32-28/h1-10,13-14,17-18,21-22H. The third-order valence-corrected chi connectivity index (χ3v) is 5.40. The van der Waals surface area contributed by atoms with Crippen LogP contribution in [0.4, 0.5) is 0 Å². The fraction of sp³-hybridized carbons (Fsp3) is 0.0714. The minimum atomic E-state index is 0.253. The molecule has 0 saturated carbocycles. The van der Waals surface area contributed by atoms with E-state index >= 15 is 0 Å². The van der Waals surface area contributed by atoms with E-state index in [0.29, 0.717) is 11.8 Å². The number of oxazole rings is 2. The first kappa shape index (κ1) is 18.2. The SMILES string of the molecule is C(#Cc1nc2ccccc2o1)C1=CC2C=CC(C#Cc3nc4ccccc4o3)=CC2C=C1. The van der Waals surface area contributed by atoms with E-state index in [9.17, 15) is 0 Å². The molecule has 0 fully saturated rings. The number of benzene rings is 2. The maximum atomic E-state index is 5.67. The van der Waals surface area contributed by atoms with Crippen molar-refractivity contribution in [3.05, 3.63) is 108 Å². The van der Waals surface area contributed by atoms with Gasteiger partial charge in [-0.15, -0.1) is 0 Å². The van der Waals surface area contributed by atoms with E-state index in [2.05, 4.69) is 58.0 Å². The molecule has 0 amide bonds. The summed E-state index contributed by atoms with van der Waals surface area (Å²) in [7, 11) is 0. The normalized spacial score (nSPS) is 18.9. The van der Waals surface area contributed by atoms with Crippen LogP contribution in [0.15, 0.2) is 105 Å². The molecule has 6 rings (SSSR count). The molecule has 0 N–H and O–H groups in total. The van der Waals surface area contributed by atoms with Crippen LogP contribution in [0.1, 0.15) is 11.8 Å². The van der Waals surface area contributed by atoms with Gasteiger partial charge in [0.15, 0.2) is 11.2 Å². The molecule has 2 aliphatic rings. The topological polar surface area (TPSA) is 52.1 Å². The summed E-state index contributed by atoms with van der Waals surface area (Å²) in [5.74, 6) is 13.8. The number of allylic oxidation sites excluding steroid dienone is 8. The van der Waals surface area contributed by atoms with Crippen molar-refractivity contribution < 1.29 is 8.83 Å². The average Bonchev–Trinajstić information content (AvgIpc) is 3.44. The fourth-order valence-corrected chi connectivity index (χ4v) is 3.81. The number of nitrogens with zero attached hydrogens (tertiary/aromatic N) is 2. The lowest BCUT2D eigenvalue weighted by Crippen LogP contribution is -2.12. The first-order valence-corrected chi connectivity index (χ1v) is 10.4. The summed E-state index contributed by atoms with van der Waals surface area (Å²) in [6.45, 7) is 0. The first-order chi connectivity index (χ1) is 15.8. The maximum absolute atomic E-state index is 5.67. The third kappa shape index (κ3) is 3.55. The summed E-state index contributed by atoms with van der Waals surface area (Å²) in [5, 5.41) is 0. The van der Waals surface area contributed by atoms with Gasteiger partial charge in [-0.05, 0) is 36.1 Å². The van der Waals surface area contributed by atoms with Gasteiger partial charge in [0.1, 0.15) is 11.0 Å². The molecule has 4 nitrogen and oxygen atoms in total. The minimum Gasteiger partial charge on any atom is -0.430 e. The van der Waals surface area contributed by atoms with Crippen molar-refractivity contribution in [1.29, 1.82) is 0 Å². The molecule has 0 saturated heterocycles. The van der Waals surface area contributed by atoms with Crippen LogP contribution in [0.5, 0.6) is 0 Å². The van der Waals surface area contributed by atoms with Crippen LogP contribution >= 0.6 is 0 Å². The highest BCUT2D eigenvalue weighted by molar-refractivity contribution is 5.73. The predicted octanol–water partition coefficient (Wildman–Crippen LogP) is 5.60. The zero-order valence-electron chi connectivity index (χ0n) is 16.9. The number of fused-ring (bicyclic) bond motifs is 3. The highest BCUT2D eigenvalue weighted by Gasteiger charge is 2.19. The Balaban J connectivity index is 1.18. The molecule has 2 aromatic heterocycles. The van der Waals surface area contributed by atoms with Gasteiger partial charge in [-0.1, -0.05) is 72.6 Å². The first-order valence-electron chi connectivity index (χ1n) is 10.4. The average molecular weight is 412 g/mol. The Labute approximate surface area is 184 Å². The van der Waals surface area contributed by atoms with E-state index in [1.807, 2.05) is 60.7 Å². The highest BCUT2D eigenvalue weighted by atomic mass is 16.3. The number of hydrogen-bond donors (Lipinski definition) is 0. The molecule has 2 aliphatic carbocycles. The molecule has 2 atom stereocenters. The lowest BCUT2D eigenvalue weighted by Gasteiger charge is -2.22. The second kappa shape index (κ2) is 7.61. The van der Waals surface area contributed by atoms with Crippen LogP contribution in [0, 0.1) is 35.5 Å². The molecule has 2 unspecified atom stereocenters. The van der Waals surface area contributed by atoms with Gasteiger partial charge < -0.3 is 8.83 Å². The van der Waals surface area contributed by atoms with E-state index in [-0.39, 0.29) is 11.8 Å². The van der Waals surface area contributed by atoms with Crippen LogP contribution in [0.3, 0.4) is 0 Å². The van der Waals surface area contributed by atoms with Crippen molar-refractivity contribution in [2.75, 3.05) is 0 Å². The van der Waals surface area contributed by atoms with E-state index in [0.717, 1.165) is 33.3 Å². The van der Waals surface area contributed by atoms with E-state index < -0.39 is 0 Å². The van der Waals surface area contributed by atoms with Gasteiger partial charge >= 0.3 is 0 Å². The molecule has 0 radical (unpaired) electrons. The van der Waals surface area contributed by atoms with E-state index in [4.69, 9.17) is 8.83 Å². The van der Waals surface area contributed by atoms with Gasteiger partial charge in [-0.3, -0.25) is 0 Å². The molecule has 0 aliphatic heterocycles. The minimum absolute atomic E-state index is 0.253. The Hall–Kier alpha value is -4.54. The largest absolute Gasteiger partial charge is 0.430 e. The molecule has 0 spiro atoms. The number of hydrogen-bond acceptors (Lipinski definition) is 4. The summed E-state index contributed by atoms with van der Waals surface area (Å²) in [6, 6.07) is 15.3. The quantitative estimate of drug-likeness (QED) is 0.353. The number of aromatic nitrogens is 2. The van der Waals surface area contributed by atoms with Gasteiger partial charge in [0.05, 0.1) is 0 Å².